The maximum atomic E-state index is 8.79. The summed E-state index contributed by atoms with van der Waals surface area (Å²) in [5.41, 5.74) is 12.6. The van der Waals surface area contributed by atoms with Gasteiger partial charge in [-0.1, -0.05) is 145 Å². The second-order valence-electron chi connectivity index (χ2n) is 15.8. The van der Waals surface area contributed by atoms with Gasteiger partial charge in [-0.3, -0.25) is 0 Å². The quantitative estimate of drug-likeness (QED) is 0.159. The first-order chi connectivity index (χ1) is 35.4. The van der Waals surface area contributed by atoms with Gasteiger partial charge in [-0.25, -0.2) is 0 Å². The predicted molar refractivity (Wildman–Crippen MR) is 266 cm³/mol. The molecule has 0 saturated heterocycles. The monoisotopic (exact) mass is 811 g/mol. The number of hydrogen-bond acceptors (Lipinski definition) is 0. The van der Waals surface area contributed by atoms with Crippen LogP contribution in [0.1, 0.15) is 13.7 Å². The molecule has 3 heterocycles. The lowest BCUT2D eigenvalue weighted by atomic mass is 9.99. The zero-order chi connectivity index (χ0) is 50.1. The van der Waals surface area contributed by atoms with Crippen molar-refractivity contribution in [1.82, 2.24) is 13.7 Å². The van der Waals surface area contributed by atoms with Gasteiger partial charge < -0.3 is 13.7 Å². The molecule has 0 aliphatic heterocycles. The zero-order valence-electron chi connectivity index (χ0n) is 43.6. The van der Waals surface area contributed by atoms with Crippen LogP contribution in [0.3, 0.4) is 0 Å². The van der Waals surface area contributed by atoms with Crippen LogP contribution in [0.25, 0.3) is 116 Å². The molecular weight excluding hydrogens is 763 g/mol. The molecule has 0 atom stereocenters. The van der Waals surface area contributed by atoms with Crippen LogP contribution in [0.4, 0.5) is 0 Å². The van der Waals surface area contributed by atoms with Crippen LogP contribution in [-0.4, -0.2) is 13.7 Å². The minimum atomic E-state index is -0.421. The molecule has 63 heavy (non-hydrogen) atoms. The van der Waals surface area contributed by atoms with Gasteiger partial charge in [-0.15, -0.1) is 0 Å². The highest BCUT2D eigenvalue weighted by Crippen LogP contribution is 2.39. The fourth-order valence-electron chi connectivity index (χ4n) is 9.59. The molecule has 0 fully saturated rings. The van der Waals surface area contributed by atoms with Crippen molar-refractivity contribution in [2.75, 3.05) is 0 Å². The second kappa shape index (κ2) is 14.1. The van der Waals surface area contributed by atoms with Crippen molar-refractivity contribution in [3.05, 3.63) is 236 Å². The van der Waals surface area contributed by atoms with Gasteiger partial charge in [-0.05, 0) is 124 Å². The predicted octanol–water partition coefficient (Wildman–Crippen LogP) is 16.0. The van der Waals surface area contributed by atoms with E-state index in [4.69, 9.17) is 13.7 Å². The SMILES string of the molecule is [2H]c1c([2H])c([2H])c(-n2c3ccccc3c3cc(-c4ccc(-c5ccc(-n6c7ccccc7c7cc(-c8ccc9c(c8)c8ccccc8n9-c8c([2H])c([2H])c([2H])c([2H])c8[2H])ccc76)cc5)cc4)ccc32)c([2H])c1[2H]. The summed E-state index contributed by atoms with van der Waals surface area (Å²) < 4.78 is 90.7. The lowest BCUT2D eigenvalue weighted by Gasteiger charge is -2.11. The minimum Gasteiger partial charge on any atom is -0.309 e. The van der Waals surface area contributed by atoms with Gasteiger partial charge in [0.25, 0.3) is 0 Å². The van der Waals surface area contributed by atoms with Crippen LogP contribution in [-0.2, 0) is 0 Å². The number of benzene rings is 10. The Hall–Kier alpha value is -8.40. The Balaban J connectivity index is 0.834. The van der Waals surface area contributed by atoms with Crippen molar-refractivity contribution < 1.29 is 13.7 Å². The third-order valence-electron chi connectivity index (χ3n) is 12.4. The average Bonchev–Trinajstić information content (AvgIpc) is 4.06. The first-order valence-electron chi connectivity index (χ1n) is 25.9. The normalized spacial score (nSPS) is 14.0. The summed E-state index contributed by atoms with van der Waals surface area (Å²) in [4.78, 5) is 0. The Labute approximate surface area is 378 Å². The summed E-state index contributed by atoms with van der Waals surface area (Å²) in [5.74, 6) is 0. The zero-order valence-corrected chi connectivity index (χ0v) is 33.6. The van der Waals surface area contributed by atoms with Crippen molar-refractivity contribution in [2.24, 2.45) is 0 Å². The Bertz CT molecular complexity index is 4430. The second-order valence-corrected chi connectivity index (χ2v) is 15.8. The molecule has 0 spiro atoms. The van der Waals surface area contributed by atoms with Crippen LogP contribution < -0.4 is 0 Å². The molecule has 10 aromatic carbocycles. The van der Waals surface area contributed by atoms with E-state index in [0.717, 1.165) is 104 Å². The van der Waals surface area contributed by atoms with Gasteiger partial charge in [0.2, 0.25) is 0 Å². The Morgan fingerprint density at radius 1 is 0.238 bits per heavy atom. The summed E-state index contributed by atoms with van der Waals surface area (Å²) in [5, 5.41) is 5.89. The molecule has 3 heteroatoms. The summed E-state index contributed by atoms with van der Waals surface area (Å²) in [6, 6.07) is 56.5. The van der Waals surface area contributed by atoms with Crippen molar-refractivity contribution in [3.8, 4) is 50.4 Å². The number of fused-ring (bicyclic) bond motifs is 9. The van der Waals surface area contributed by atoms with Gasteiger partial charge in [0, 0.05) is 49.4 Å². The summed E-state index contributed by atoms with van der Waals surface area (Å²) in [6.45, 7) is 0. The van der Waals surface area contributed by atoms with Crippen LogP contribution in [0.15, 0.2) is 236 Å². The van der Waals surface area contributed by atoms with Crippen molar-refractivity contribution >= 4 is 65.4 Å². The lowest BCUT2D eigenvalue weighted by Crippen LogP contribution is -1.94. The molecule has 0 amide bonds. The van der Waals surface area contributed by atoms with E-state index >= 15 is 0 Å². The van der Waals surface area contributed by atoms with Gasteiger partial charge in [0.05, 0.1) is 46.8 Å². The number of hydrogen-bond donors (Lipinski definition) is 0. The molecule has 0 unspecified atom stereocenters. The van der Waals surface area contributed by atoms with Crippen LogP contribution in [0, 0.1) is 0 Å². The first-order valence-corrected chi connectivity index (χ1v) is 20.9. The van der Waals surface area contributed by atoms with E-state index in [1.807, 2.05) is 72.8 Å². The van der Waals surface area contributed by atoms with Crippen LogP contribution in [0.2, 0.25) is 0 Å². The molecule has 0 aliphatic rings. The minimum absolute atomic E-state index is 0.123. The molecule has 13 aromatic rings. The van der Waals surface area contributed by atoms with E-state index < -0.39 is 12.1 Å². The van der Waals surface area contributed by atoms with Gasteiger partial charge in [-0.2, -0.15) is 0 Å². The fraction of sp³-hybridized carbons (Fsp3) is 0. The molecular formula is C60H39N3. The maximum absolute atomic E-state index is 8.79. The topological polar surface area (TPSA) is 14.8 Å². The Morgan fingerprint density at radius 3 is 0.921 bits per heavy atom. The van der Waals surface area contributed by atoms with Crippen LogP contribution >= 0.6 is 0 Å². The van der Waals surface area contributed by atoms with E-state index in [0.29, 0.717) is 0 Å². The van der Waals surface area contributed by atoms with Crippen molar-refractivity contribution in [1.29, 1.82) is 0 Å². The maximum Gasteiger partial charge on any atom is 0.0645 e. The smallest absolute Gasteiger partial charge is 0.0645 e. The van der Waals surface area contributed by atoms with Gasteiger partial charge in [0.1, 0.15) is 0 Å². The number of nitrogens with zero attached hydrogens (tertiary/aromatic N) is 3. The largest absolute Gasteiger partial charge is 0.309 e. The molecule has 0 aliphatic carbocycles. The van der Waals surface area contributed by atoms with E-state index in [2.05, 4.69) is 108 Å². The highest BCUT2D eigenvalue weighted by atomic mass is 15.0. The van der Waals surface area contributed by atoms with Gasteiger partial charge in [0.15, 0.2) is 0 Å². The first kappa shape index (κ1) is 26.7. The molecule has 3 aromatic heterocycles. The van der Waals surface area contributed by atoms with E-state index in [-0.39, 0.29) is 59.7 Å². The summed E-state index contributed by atoms with van der Waals surface area (Å²) in [6.07, 6.45) is 0. The highest BCUT2D eigenvalue weighted by molar-refractivity contribution is 6.13. The molecule has 13 rings (SSSR count). The van der Waals surface area contributed by atoms with E-state index in [9.17, 15) is 0 Å². The van der Waals surface area contributed by atoms with E-state index in [1.54, 1.807) is 9.13 Å². The highest BCUT2D eigenvalue weighted by Gasteiger charge is 2.17. The average molecular weight is 812 g/mol. The standard InChI is InChI=1S/C60H39N3/c1-3-13-46(14-4-1)61-55-20-10-7-17-49(55)52-37-43(29-34-58(52)61)42-25-23-40(24-26-42)41-27-32-48(33-28-41)63-57-22-12-9-19-51(57)54-39-45(31-36-60(54)63)44-30-35-59-53(38-44)50-18-8-11-21-56(50)62(59)47-15-5-2-6-16-47/h1-39H/i1D,2D,3D,4D,5D,6D,13D,14D,15D,16D. The summed E-state index contributed by atoms with van der Waals surface area (Å²) >= 11 is 0. The van der Waals surface area contributed by atoms with Crippen molar-refractivity contribution in [2.45, 2.75) is 0 Å². The van der Waals surface area contributed by atoms with Gasteiger partial charge >= 0.3 is 0 Å². The number of aromatic nitrogens is 3. The molecule has 0 N–H and O–H groups in total. The molecule has 0 saturated carbocycles. The van der Waals surface area contributed by atoms with E-state index in [1.165, 1.54) is 0 Å². The van der Waals surface area contributed by atoms with Crippen molar-refractivity contribution in [3.63, 3.8) is 0 Å². The van der Waals surface area contributed by atoms with Crippen LogP contribution in [0.5, 0.6) is 0 Å². The Kier molecular flexibility index (Phi) is 5.98. The number of rotatable bonds is 6. The lowest BCUT2D eigenvalue weighted by molar-refractivity contribution is 1.18. The summed E-state index contributed by atoms with van der Waals surface area (Å²) in [7, 11) is 0. The molecule has 3 nitrogen and oxygen atoms in total. The fourth-order valence-corrected chi connectivity index (χ4v) is 9.59. The molecule has 294 valence electrons. The third kappa shape index (κ3) is 5.60. The Morgan fingerprint density at radius 2 is 0.524 bits per heavy atom. The third-order valence-corrected chi connectivity index (χ3v) is 12.4. The molecule has 0 bridgehead atoms. The number of para-hydroxylation sites is 5. The molecule has 0 radical (unpaired) electrons.